The number of nitrogens with zero attached hydrogens (tertiary/aromatic N) is 1. The Bertz CT molecular complexity index is 554. The molecule has 0 N–H and O–H groups in total. The molecular weight excluding hydrogens is 283 g/mol. The highest BCUT2D eigenvalue weighted by molar-refractivity contribution is 5.98. The predicted molar refractivity (Wildman–Crippen MR) is 70.1 cm³/mol. The monoisotopic (exact) mass is 299 g/mol. The Morgan fingerprint density at radius 1 is 0.952 bits per heavy atom. The van der Waals surface area contributed by atoms with Gasteiger partial charge in [-0.25, -0.2) is 13.2 Å². The third-order valence-electron chi connectivity index (χ3n) is 3.53. The van der Waals surface area contributed by atoms with E-state index in [9.17, 15) is 22.8 Å². The van der Waals surface area contributed by atoms with Crippen LogP contribution in [0.5, 0.6) is 0 Å². The first-order valence-electron chi connectivity index (χ1n) is 6.90. The molecule has 1 aromatic carbocycles. The van der Waals surface area contributed by atoms with Gasteiger partial charge in [-0.3, -0.25) is 9.59 Å². The second-order valence-corrected chi connectivity index (χ2v) is 5.19. The molecule has 0 spiro atoms. The summed E-state index contributed by atoms with van der Waals surface area (Å²) in [5.74, 6) is -4.28. The lowest BCUT2D eigenvalue weighted by molar-refractivity contribution is -0.135. The van der Waals surface area contributed by atoms with Crippen LogP contribution in [0.2, 0.25) is 0 Å². The summed E-state index contributed by atoms with van der Waals surface area (Å²) >= 11 is 0. The largest absolute Gasteiger partial charge is 0.342 e. The van der Waals surface area contributed by atoms with E-state index in [1.54, 1.807) is 4.90 Å². The zero-order valence-corrected chi connectivity index (χ0v) is 11.5. The topological polar surface area (TPSA) is 37.4 Å². The van der Waals surface area contributed by atoms with Crippen molar-refractivity contribution in [3.8, 4) is 0 Å². The first-order valence-corrected chi connectivity index (χ1v) is 6.90. The Morgan fingerprint density at radius 2 is 1.57 bits per heavy atom. The molecule has 21 heavy (non-hydrogen) atoms. The highest BCUT2D eigenvalue weighted by atomic mass is 19.2. The number of piperidine rings is 1. The van der Waals surface area contributed by atoms with Gasteiger partial charge in [0.05, 0.1) is 6.42 Å². The number of benzene rings is 1. The van der Waals surface area contributed by atoms with Crippen molar-refractivity contribution in [1.82, 2.24) is 4.90 Å². The maximum atomic E-state index is 13.4. The Balaban J connectivity index is 1.95. The van der Waals surface area contributed by atoms with E-state index >= 15 is 0 Å². The minimum atomic E-state index is -1.30. The molecule has 1 aliphatic heterocycles. The maximum absolute atomic E-state index is 13.4. The molecule has 2 rings (SSSR count). The molecule has 0 bridgehead atoms. The van der Waals surface area contributed by atoms with Crippen LogP contribution >= 0.6 is 0 Å². The van der Waals surface area contributed by atoms with Crippen LogP contribution in [0.3, 0.4) is 0 Å². The average molecular weight is 299 g/mol. The second kappa shape index (κ2) is 6.74. The van der Waals surface area contributed by atoms with Crippen molar-refractivity contribution in [2.24, 2.45) is 0 Å². The number of Topliss-reactive ketones (excluding diaryl/α,β-unsaturated/α-hetero) is 1. The molecule has 0 radical (unpaired) electrons. The van der Waals surface area contributed by atoms with Gasteiger partial charge in [-0.2, -0.15) is 0 Å². The van der Waals surface area contributed by atoms with E-state index in [0.717, 1.165) is 19.3 Å². The van der Waals surface area contributed by atoms with Crippen LogP contribution in [0.25, 0.3) is 0 Å². The van der Waals surface area contributed by atoms with E-state index in [0.29, 0.717) is 25.2 Å². The molecule has 0 aliphatic carbocycles. The van der Waals surface area contributed by atoms with Crippen LogP contribution in [-0.2, 0) is 16.0 Å². The summed E-state index contributed by atoms with van der Waals surface area (Å²) < 4.78 is 39.3. The lowest BCUT2D eigenvalue weighted by Crippen LogP contribution is -2.36. The quantitative estimate of drug-likeness (QED) is 0.633. The zero-order chi connectivity index (χ0) is 15.4. The van der Waals surface area contributed by atoms with Crippen molar-refractivity contribution < 1.29 is 22.8 Å². The molecule has 6 heteroatoms. The molecule has 1 heterocycles. The smallest absolute Gasteiger partial charge is 0.230 e. The number of likely N-dealkylation sites (tertiary alicyclic amines) is 1. The number of amides is 1. The van der Waals surface area contributed by atoms with Crippen molar-refractivity contribution >= 4 is 11.7 Å². The standard InChI is InChI=1S/C15H16F3NO2/c16-12-9-14(18)13(17)7-10(12)6-11(20)8-15(21)19-4-2-1-3-5-19/h7,9H,1-6,8H2. The van der Waals surface area contributed by atoms with Gasteiger partial charge < -0.3 is 4.90 Å². The molecule has 1 amide bonds. The number of carbonyl (C=O) groups excluding carboxylic acids is 2. The summed E-state index contributed by atoms with van der Waals surface area (Å²) in [6, 6.07) is 1.07. The number of ketones is 1. The van der Waals surface area contributed by atoms with Crippen LogP contribution in [0.1, 0.15) is 31.2 Å². The average Bonchev–Trinajstić information content (AvgIpc) is 2.45. The molecule has 1 aromatic rings. The normalized spacial score (nSPS) is 15.1. The van der Waals surface area contributed by atoms with E-state index in [-0.39, 0.29) is 17.9 Å². The zero-order valence-electron chi connectivity index (χ0n) is 11.5. The summed E-state index contributed by atoms with van der Waals surface area (Å²) in [4.78, 5) is 25.3. The molecule has 1 aliphatic rings. The van der Waals surface area contributed by atoms with E-state index < -0.39 is 29.7 Å². The summed E-state index contributed by atoms with van der Waals surface area (Å²) in [6.07, 6.45) is 2.15. The third-order valence-corrected chi connectivity index (χ3v) is 3.53. The molecule has 0 atom stereocenters. The third kappa shape index (κ3) is 4.06. The molecular formula is C15H16F3NO2. The van der Waals surface area contributed by atoms with Gasteiger partial charge in [0.25, 0.3) is 0 Å². The van der Waals surface area contributed by atoms with Crippen LogP contribution in [0.15, 0.2) is 12.1 Å². The van der Waals surface area contributed by atoms with E-state index in [1.165, 1.54) is 0 Å². The molecule has 1 fully saturated rings. The molecule has 1 saturated heterocycles. The fourth-order valence-corrected chi connectivity index (χ4v) is 2.40. The minimum Gasteiger partial charge on any atom is -0.342 e. The first-order chi connectivity index (χ1) is 9.97. The van der Waals surface area contributed by atoms with Gasteiger partial charge in [-0.1, -0.05) is 0 Å². The van der Waals surface area contributed by atoms with Crippen LogP contribution < -0.4 is 0 Å². The number of rotatable bonds is 4. The minimum absolute atomic E-state index is 0.231. The number of hydrogen-bond acceptors (Lipinski definition) is 2. The highest BCUT2D eigenvalue weighted by Gasteiger charge is 2.20. The fraction of sp³-hybridized carbons (Fsp3) is 0.467. The van der Waals surface area contributed by atoms with Crippen molar-refractivity contribution in [1.29, 1.82) is 0 Å². The van der Waals surface area contributed by atoms with E-state index in [2.05, 4.69) is 0 Å². The van der Waals surface area contributed by atoms with Gasteiger partial charge in [0, 0.05) is 25.6 Å². The van der Waals surface area contributed by atoms with E-state index in [4.69, 9.17) is 0 Å². The van der Waals surface area contributed by atoms with Crippen LogP contribution in [-0.4, -0.2) is 29.7 Å². The Hall–Kier alpha value is -1.85. The molecule has 3 nitrogen and oxygen atoms in total. The lowest BCUT2D eigenvalue weighted by Gasteiger charge is -2.26. The van der Waals surface area contributed by atoms with Crippen LogP contribution in [0.4, 0.5) is 13.2 Å². The molecule has 114 valence electrons. The van der Waals surface area contributed by atoms with Gasteiger partial charge in [-0.15, -0.1) is 0 Å². The maximum Gasteiger partial charge on any atom is 0.230 e. The first kappa shape index (κ1) is 15.5. The van der Waals surface area contributed by atoms with E-state index in [1.807, 2.05) is 0 Å². The molecule has 0 saturated carbocycles. The van der Waals surface area contributed by atoms with Crippen LogP contribution in [0, 0.1) is 17.5 Å². The Kier molecular flexibility index (Phi) is 4.98. The summed E-state index contributed by atoms with van der Waals surface area (Å²) in [5.41, 5.74) is -0.231. The lowest BCUT2D eigenvalue weighted by atomic mass is 10.0. The van der Waals surface area contributed by atoms with Gasteiger partial charge >= 0.3 is 0 Å². The number of hydrogen-bond donors (Lipinski definition) is 0. The van der Waals surface area contributed by atoms with Gasteiger partial charge in [0.1, 0.15) is 11.6 Å². The predicted octanol–water partition coefficient (Wildman–Crippen LogP) is 2.62. The van der Waals surface area contributed by atoms with Gasteiger partial charge in [0.2, 0.25) is 5.91 Å². The summed E-state index contributed by atoms with van der Waals surface area (Å²) in [5, 5.41) is 0. The van der Waals surface area contributed by atoms with Gasteiger partial charge in [-0.05, 0) is 30.9 Å². The highest BCUT2D eigenvalue weighted by Crippen LogP contribution is 2.16. The fourth-order valence-electron chi connectivity index (χ4n) is 2.40. The summed E-state index contributed by atoms with van der Waals surface area (Å²) in [6.45, 7) is 1.26. The Morgan fingerprint density at radius 3 is 2.24 bits per heavy atom. The SMILES string of the molecule is O=C(CC(=O)N1CCCCC1)Cc1cc(F)c(F)cc1F. The van der Waals surface area contributed by atoms with Crippen molar-refractivity contribution in [3.63, 3.8) is 0 Å². The summed E-state index contributed by atoms with van der Waals surface area (Å²) in [7, 11) is 0. The molecule has 0 unspecified atom stereocenters. The van der Waals surface area contributed by atoms with Crippen molar-refractivity contribution in [2.45, 2.75) is 32.1 Å². The Labute approximate surface area is 120 Å². The molecule has 0 aromatic heterocycles. The van der Waals surface area contributed by atoms with Crippen molar-refractivity contribution in [3.05, 3.63) is 35.1 Å². The number of carbonyl (C=O) groups is 2. The van der Waals surface area contributed by atoms with Gasteiger partial charge in [0.15, 0.2) is 11.6 Å². The van der Waals surface area contributed by atoms with Crippen molar-refractivity contribution in [2.75, 3.05) is 13.1 Å². The number of halogens is 3. The second-order valence-electron chi connectivity index (χ2n) is 5.19.